The van der Waals surface area contributed by atoms with E-state index in [4.69, 9.17) is 5.73 Å². The lowest BCUT2D eigenvalue weighted by Crippen LogP contribution is -2.16. The van der Waals surface area contributed by atoms with E-state index in [-0.39, 0.29) is 5.91 Å². The molecule has 1 aromatic rings. The standard InChI is InChI=1S/C13H13NO/c1-8-3-4-11-10(5-8)6-9(2)7-12(11)13(14)15/h3-5,7H,2,6H2,1H3,(H2,14,15). The molecule has 0 atom stereocenters. The fraction of sp³-hybridized carbons (Fsp3) is 0.154. The number of aryl methyl sites for hydroxylation is 1. The normalized spacial score (nSPS) is 14.5. The number of benzene rings is 1. The summed E-state index contributed by atoms with van der Waals surface area (Å²) in [4.78, 5) is 11.3. The van der Waals surface area contributed by atoms with E-state index < -0.39 is 0 Å². The largest absolute Gasteiger partial charge is 0.366 e. The Balaban J connectivity index is 2.61. The highest BCUT2D eigenvalue weighted by atomic mass is 16.1. The summed E-state index contributed by atoms with van der Waals surface area (Å²) in [5.41, 5.74) is 10.1. The maximum atomic E-state index is 11.3. The van der Waals surface area contributed by atoms with Crippen LogP contribution in [0.3, 0.4) is 0 Å². The highest BCUT2D eigenvalue weighted by Gasteiger charge is 2.17. The van der Waals surface area contributed by atoms with E-state index >= 15 is 0 Å². The number of allylic oxidation sites excluding steroid dienone is 2. The second kappa shape index (κ2) is 3.39. The minimum absolute atomic E-state index is 0.388. The lowest BCUT2D eigenvalue weighted by molar-refractivity contribution is -0.112. The summed E-state index contributed by atoms with van der Waals surface area (Å²) in [6, 6.07) is 6.02. The van der Waals surface area contributed by atoms with Crippen LogP contribution in [0.4, 0.5) is 0 Å². The molecule has 1 aliphatic carbocycles. The molecule has 1 aliphatic rings. The van der Waals surface area contributed by atoms with Crippen LogP contribution >= 0.6 is 0 Å². The molecule has 0 radical (unpaired) electrons. The van der Waals surface area contributed by atoms with E-state index in [1.54, 1.807) is 6.08 Å². The van der Waals surface area contributed by atoms with Gasteiger partial charge in [0.25, 0.3) is 0 Å². The molecule has 1 aromatic carbocycles. The number of rotatable bonds is 1. The van der Waals surface area contributed by atoms with Gasteiger partial charge < -0.3 is 5.73 Å². The van der Waals surface area contributed by atoms with E-state index in [1.165, 1.54) is 5.56 Å². The van der Waals surface area contributed by atoms with Crippen LogP contribution in [0.15, 0.2) is 36.4 Å². The molecule has 0 heterocycles. The Kier molecular flexibility index (Phi) is 2.19. The van der Waals surface area contributed by atoms with Crippen molar-refractivity contribution in [3.8, 4) is 0 Å². The quantitative estimate of drug-likeness (QED) is 0.738. The van der Waals surface area contributed by atoms with Gasteiger partial charge in [-0.3, -0.25) is 4.79 Å². The van der Waals surface area contributed by atoms with Gasteiger partial charge in [0.2, 0.25) is 5.91 Å². The average Bonchev–Trinajstić information content (AvgIpc) is 2.15. The summed E-state index contributed by atoms with van der Waals surface area (Å²) < 4.78 is 0. The van der Waals surface area contributed by atoms with Gasteiger partial charge in [0.15, 0.2) is 0 Å². The number of nitrogens with two attached hydrogens (primary N) is 1. The van der Waals surface area contributed by atoms with Crippen molar-refractivity contribution in [2.24, 2.45) is 5.73 Å². The fourth-order valence-electron chi connectivity index (χ4n) is 1.91. The lowest BCUT2D eigenvalue weighted by atomic mass is 9.87. The van der Waals surface area contributed by atoms with Crippen molar-refractivity contribution in [3.05, 3.63) is 53.1 Å². The van der Waals surface area contributed by atoms with Gasteiger partial charge in [-0.2, -0.15) is 0 Å². The van der Waals surface area contributed by atoms with E-state index in [0.29, 0.717) is 5.57 Å². The SMILES string of the molecule is C=C1C=C(C(N)=O)c2ccc(C)cc2C1. The molecule has 15 heavy (non-hydrogen) atoms. The van der Waals surface area contributed by atoms with Crippen LogP contribution in [-0.2, 0) is 11.2 Å². The monoisotopic (exact) mass is 199 g/mol. The number of carbonyl (C=O) groups excluding carboxylic acids is 1. The highest BCUT2D eigenvalue weighted by Crippen LogP contribution is 2.28. The number of carbonyl (C=O) groups is 1. The predicted octanol–water partition coefficient (Wildman–Crippen LogP) is 1.98. The average molecular weight is 199 g/mol. The summed E-state index contributed by atoms with van der Waals surface area (Å²) >= 11 is 0. The Morgan fingerprint density at radius 3 is 2.87 bits per heavy atom. The zero-order chi connectivity index (χ0) is 11.0. The molecular weight excluding hydrogens is 186 g/mol. The Morgan fingerprint density at radius 1 is 1.47 bits per heavy atom. The van der Waals surface area contributed by atoms with Crippen molar-refractivity contribution in [1.82, 2.24) is 0 Å². The van der Waals surface area contributed by atoms with Crippen LogP contribution in [0, 0.1) is 6.92 Å². The van der Waals surface area contributed by atoms with Crippen molar-refractivity contribution in [1.29, 1.82) is 0 Å². The molecule has 1 amide bonds. The first-order valence-electron chi connectivity index (χ1n) is 4.87. The molecule has 0 saturated heterocycles. The predicted molar refractivity (Wildman–Crippen MR) is 61.2 cm³/mol. The number of hydrogen-bond acceptors (Lipinski definition) is 1. The Hall–Kier alpha value is -1.83. The summed E-state index contributed by atoms with van der Waals surface area (Å²) in [6.07, 6.45) is 2.58. The molecule has 0 aromatic heterocycles. The van der Waals surface area contributed by atoms with E-state index in [9.17, 15) is 4.79 Å². The molecule has 0 aliphatic heterocycles. The number of amides is 1. The Morgan fingerprint density at radius 2 is 2.20 bits per heavy atom. The minimum atomic E-state index is -0.388. The smallest absolute Gasteiger partial charge is 0.249 e. The molecule has 76 valence electrons. The van der Waals surface area contributed by atoms with Gasteiger partial charge >= 0.3 is 0 Å². The van der Waals surface area contributed by atoms with Gasteiger partial charge in [-0.05, 0) is 36.1 Å². The number of fused-ring (bicyclic) bond motifs is 1. The maximum Gasteiger partial charge on any atom is 0.249 e. The van der Waals surface area contributed by atoms with Crippen LogP contribution in [-0.4, -0.2) is 5.91 Å². The summed E-state index contributed by atoms with van der Waals surface area (Å²) in [5.74, 6) is -0.388. The summed E-state index contributed by atoms with van der Waals surface area (Å²) in [5, 5.41) is 0. The third-order valence-corrected chi connectivity index (χ3v) is 2.58. The zero-order valence-corrected chi connectivity index (χ0v) is 8.71. The van der Waals surface area contributed by atoms with Gasteiger partial charge in [-0.15, -0.1) is 0 Å². The fourth-order valence-corrected chi connectivity index (χ4v) is 1.91. The summed E-state index contributed by atoms with van der Waals surface area (Å²) in [7, 11) is 0. The van der Waals surface area contributed by atoms with Gasteiger partial charge in [-0.1, -0.05) is 30.3 Å². The molecule has 0 saturated carbocycles. The zero-order valence-electron chi connectivity index (χ0n) is 8.71. The van der Waals surface area contributed by atoms with Crippen molar-refractivity contribution in [2.45, 2.75) is 13.3 Å². The van der Waals surface area contributed by atoms with Crippen LogP contribution in [0.25, 0.3) is 5.57 Å². The van der Waals surface area contributed by atoms with Crippen molar-refractivity contribution < 1.29 is 4.79 Å². The Labute approximate surface area is 89.1 Å². The van der Waals surface area contributed by atoms with Crippen molar-refractivity contribution >= 4 is 11.5 Å². The van der Waals surface area contributed by atoms with E-state index in [1.807, 2.05) is 19.1 Å². The maximum absolute atomic E-state index is 11.3. The van der Waals surface area contributed by atoms with Crippen LogP contribution in [0.5, 0.6) is 0 Å². The first kappa shape index (κ1) is 9.71. The molecule has 2 rings (SSSR count). The lowest BCUT2D eigenvalue weighted by Gasteiger charge is -2.17. The molecule has 2 heteroatoms. The number of primary amides is 1. The van der Waals surface area contributed by atoms with Crippen molar-refractivity contribution in [2.75, 3.05) is 0 Å². The molecule has 0 spiro atoms. The number of hydrogen-bond donors (Lipinski definition) is 1. The van der Waals surface area contributed by atoms with Crippen LogP contribution < -0.4 is 5.73 Å². The molecule has 2 N–H and O–H groups in total. The minimum Gasteiger partial charge on any atom is -0.366 e. The third kappa shape index (κ3) is 1.71. The van der Waals surface area contributed by atoms with Gasteiger partial charge in [-0.25, -0.2) is 0 Å². The van der Waals surface area contributed by atoms with Gasteiger partial charge in [0.05, 0.1) is 0 Å². The molecule has 0 fully saturated rings. The van der Waals surface area contributed by atoms with Gasteiger partial charge in [0, 0.05) is 5.57 Å². The van der Waals surface area contributed by atoms with Crippen LogP contribution in [0.1, 0.15) is 16.7 Å². The van der Waals surface area contributed by atoms with Crippen molar-refractivity contribution in [3.63, 3.8) is 0 Å². The third-order valence-electron chi connectivity index (χ3n) is 2.58. The molecular formula is C13H13NO. The molecule has 0 bridgehead atoms. The highest BCUT2D eigenvalue weighted by molar-refractivity contribution is 6.20. The first-order chi connectivity index (χ1) is 7.08. The first-order valence-corrected chi connectivity index (χ1v) is 4.87. The summed E-state index contributed by atoms with van der Waals surface area (Å²) in [6.45, 7) is 5.92. The van der Waals surface area contributed by atoms with Gasteiger partial charge in [0.1, 0.15) is 0 Å². The topological polar surface area (TPSA) is 43.1 Å². The van der Waals surface area contributed by atoms with E-state index in [2.05, 4.69) is 12.6 Å². The van der Waals surface area contributed by atoms with Crippen LogP contribution in [0.2, 0.25) is 0 Å². The Bertz CT molecular complexity index is 483. The second-order valence-electron chi connectivity index (χ2n) is 3.92. The molecule has 0 unspecified atom stereocenters. The second-order valence-corrected chi connectivity index (χ2v) is 3.92. The van der Waals surface area contributed by atoms with E-state index in [0.717, 1.165) is 23.1 Å². The molecule has 2 nitrogen and oxygen atoms in total.